The van der Waals surface area contributed by atoms with Gasteiger partial charge < -0.3 is 10.1 Å². The predicted octanol–water partition coefficient (Wildman–Crippen LogP) is 2.12. The first-order valence-corrected chi connectivity index (χ1v) is 5.78. The van der Waals surface area contributed by atoms with Gasteiger partial charge in [0.15, 0.2) is 0 Å². The van der Waals surface area contributed by atoms with E-state index in [2.05, 4.69) is 5.32 Å². The van der Waals surface area contributed by atoms with Crippen LogP contribution < -0.4 is 5.32 Å². The molecular weight excluding hydrogens is 221 g/mol. The fourth-order valence-corrected chi connectivity index (χ4v) is 2.16. The van der Waals surface area contributed by atoms with Gasteiger partial charge in [-0.05, 0) is 43.5 Å². The highest BCUT2D eigenvalue weighted by atomic mass is 19.1. The molecule has 0 saturated heterocycles. The average Bonchev–Trinajstić information content (AvgIpc) is 2.77. The minimum Gasteiger partial charge on any atom is -0.381 e. The van der Waals surface area contributed by atoms with E-state index in [1.54, 1.807) is 7.11 Å². The van der Waals surface area contributed by atoms with Gasteiger partial charge in [0.25, 0.3) is 5.91 Å². The van der Waals surface area contributed by atoms with Crippen LogP contribution in [-0.4, -0.2) is 25.2 Å². The Bertz CT molecular complexity index is 391. The third-order valence-corrected chi connectivity index (χ3v) is 3.16. The van der Waals surface area contributed by atoms with Crippen molar-refractivity contribution in [1.29, 1.82) is 0 Å². The molecule has 3 nitrogen and oxygen atoms in total. The molecule has 2 atom stereocenters. The lowest BCUT2D eigenvalue weighted by molar-refractivity contribution is 0.0915. The highest BCUT2D eigenvalue weighted by Gasteiger charge is 2.25. The van der Waals surface area contributed by atoms with Crippen molar-refractivity contribution in [1.82, 2.24) is 5.32 Å². The van der Waals surface area contributed by atoms with Crippen molar-refractivity contribution in [3.05, 3.63) is 35.6 Å². The molecule has 1 aliphatic carbocycles. The van der Waals surface area contributed by atoms with Gasteiger partial charge in [-0.3, -0.25) is 4.79 Å². The fourth-order valence-electron chi connectivity index (χ4n) is 2.16. The lowest BCUT2D eigenvalue weighted by Crippen LogP contribution is -2.33. The van der Waals surface area contributed by atoms with Gasteiger partial charge in [-0.1, -0.05) is 0 Å². The number of ether oxygens (including phenoxy) is 1. The van der Waals surface area contributed by atoms with Gasteiger partial charge in [-0.25, -0.2) is 4.39 Å². The zero-order chi connectivity index (χ0) is 12.3. The molecular formula is C13H16FNO2. The second-order valence-corrected chi connectivity index (χ2v) is 4.35. The molecule has 1 fully saturated rings. The summed E-state index contributed by atoms with van der Waals surface area (Å²) >= 11 is 0. The molecule has 92 valence electrons. The molecule has 0 spiro atoms. The number of rotatable bonds is 3. The molecule has 0 aromatic heterocycles. The molecule has 1 amide bonds. The summed E-state index contributed by atoms with van der Waals surface area (Å²) < 4.78 is 17.9. The van der Waals surface area contributed by atoms with E-state index in [4.69, 9.17) is 4.74 Å². The van der Waals surface area contributed by atoms with E-state index in [-0.39, 0.29) is 23.9 Å². The topological polar surface area (TPSA) is 38.3 Å². The zero-order valence-electron chi connectivity index (χ0n) is 9.78. The summed E-state index contributed by atoms with van der Waals surface area (Å²) in [5.74, 6) is -0.478. The number of carbonyl (C=O) groups excluding carboxylic acids is 1. The van der Waals surface area contributed by atoms with Crippen molar-refractivity contribution in [3.63, 3.8) is 0 Å². The summed E-state index contributed by atoms with van der Waals surface area (Å²) in [6.45, 7) is 0. The first-order chi connectivity index (χ1) is 8.19. The first kappa shape index (κ1) is 12.0. The van der Waals surface area contributed by atoms with Crippen LogP contribution in [0.1, 0.15) is 29.6 Å². The summed E-state index contributed by atoms with van der Waals surface area (Å²) in [5.41, 5.74) is 0.493. The predicted molar refractivity (Wildman–Crippen MR) is 62.3 cm³/mol. The van der Waals surface area contributed by atoms with E-state index < -0.39 is 0 Å². The number of hydrogen-bond donors (Lipinski definition) is 1. The Morgan fingerprint density at radius 2 is 2.06 bits per heavy atom. The van der Waals surface area contributed by atoms with Crippen LogP contribution in [0.3, 0.4) is 0 Å². The average molecular weight is 237 g/mol. The van der Waals surface area contributed by atoms with Gasteiger partial charge in [0.2, 0.25) is 0 Å². The largest absolute Gasteiger partial charge is 0.381 e. The SMILES string of the molecule is COC1CCC(NC(=O)c2ccc(F)cc2)C1. The third-order valence-electron chi connectivity index (χ3n) is 3.16. The molecule has 0 aliphatic heterocycles. The highest BCUT2D eigenvalue weighted by molar-refractivity contribution is 5.94. The van der Waals surface area contributed by atoms with E-state index in [1.807, 2.05) is 0 Å². The van der Waals surface area contributed by atoms with Crippen molar-refractivity contribution in [2.24, 2.45) is 0 Å². The maximum absolute atomic E-state index is 12.7. The van der Waals surface area contributed by atoms with Crippen LogP contribution in [-0.2, 0) is 4.74 Å². The van der Waals surface area contributed by atoms with Crippen LogP contribution in [0, 0.1) is 5.82 Å². The molecule has 0 bridgehead atoms. The number of benzene rings is 1. The number of hydrogen-bond acceptors (Lipinski definition) is 2. The van der Waals surface area contributed by atoms with Gasteiger partial charge in [0, 0.05) is 18.7 Å². The van der Waals surface area contributed by atoms with Gasteiger partial charge >= 0.3 is 0 Å². The Morgan fingerprint density at radius 3 is 2.65 bits per heavy atom. The molecule has 1 aromatic carbocycles. The number of amides is 1. The van der Waals surface area contributed by atoms with Crippen LogP contribution in [0.2, 0.25) is 0 Å². The molecule has 1 aliphatic rings. The molecule has 0 heterocycles. The van der Waals surface area contributed by atoms with Crippen molar-refractivity contribution in [2.45, 2.75) is 31.4 Å². The Balaban J connectivity index is 1.91. The van der Waals surface area contributed by atoms with E-state index in [0.29, 0.717) is 5.56 Å². The maximum atomic E-state index is 12.7. The second-order valence-electron chi connectivity index (χ2n) is 4.35. The maximum Gasteiger partial charge on any atom is 0.251 e. The Hall–Kier alpha value is -1.42. The summed E-state index contributed by atoms with van der Waals surface area (Å²) in [5, 5.41) is 2.94. The molecule has 0 radical (unpaired) electrons. The molecule has 17 heavy (non-hydrogen) atoms. The second kappa shape index (κ2) is 5.27. The van der Waals surface area contributed by atoms with Crippen LogP contribution in [0.15, 0.2) is 24.3 Å². The molecule has 1 aromatic rings. The quantitative estimate of drug-likeness (QED) is 0.874. The monoisotopic (exact) mass is 237 g/mol. The van der Waals surface area contributed by atoms with Gasteiger partial charge in [0.05, 0.1) is 6.10 Å². The number of methoxy groups -OCH3 is 1. The van der Waals surface area contributed by atoms with Gasteiger partial charge in [0.1, 0.15) is 5.82 Å². The van der Waals surface area contributed by atoms with E-state index in [1.165, 1.54) is 24.3 Å². The number of nitrogens with one attached hydrogen (secondary N) is 1. The fraction of sp³-hybridized carbons (Fsp3) is 0.462. The molecule has 1 saturated carbocycles. The summed E-state index contributed by atoms with van der Waals surface area (Å²) in [4.78, 5) is 11.8. The lowest BCUT2D eigenvalue weighted by Gasteiger charge is -2.12. The highest BCUT2D eigenvalue weighted by Crippen LogP contribution is 2.21. The molecule has 2 unspecified atom stereocenters. The van der Waals surface area contributed by atoms with Crippen molar-refractivity contribution in [3.8, 4) is 0 Å². The molecule has 4 heteroatoms. The number of halogens is 1. The smallest absolute Gasteiger partial charge is 0.251 e. The minimum atomic E-state index is -0.332. The van der Waals surface area contributed by atoms with Crippen LogP contribution in [0.4, 0.5) is 4.39 Å². The summed E-state index contributed by atoms with van der Waals surface area (Å²) in [6.07, 6.45) is 3.01. The minimum absolute atomic E-state index is 0.147. The van der Waals surface area contributed by atoms with Crippen LogP contribution >= 0.6 is 0 Å². The van der Waals surface area contributed by atoms with E-state index in [9.17, 15) is 9.18 Å². The van der Waals surface area contributed by atoms with Crippen LogP contribution in [0.5, 0.6) is 0 Å². The Kier molecular flexibility index (Phi) is 3.74. The Labute approximate surface area is 100.0 Å². The van der Waals surface area contributed by atoms with Crippen LogP contribution in [0.25, 0.3) is 0 Å². The summed E-state index contributed by atoms with van der Waals surface area (Å²) in [7, 11) is 1.69. The van der Waals surface area contributed by atoms with Crippen molar-refractivity contribution < 1.29 is 13.9 Å². The van der Waals surface area contributed by atoms with Crippen molar-refractivity contribution >= 4 is 5.91 Å². The Morgan fingerprint density at radius 1 is 1.35 bits per heavy atom. The summed E-state index contributed by atoms with van der Waals surface area (Å²) in [6, 6.07) is 5.74. The van der Waals surface area contributed by atoms with E-state index >= 15 is 0 Å². The zero-order valence-corrected chi connectivity index (χ0v) is 9.78. The normalized spacial score (nSPS) is 23.6. The molecule has 1 N–H and O–H groups in total. The third kappa shape index (κ3) is 3.03. The first-order valence-electron chi connectivity index (χ1n) is 5.78. The standard InChI is InChI=1S/C13H16FNO2/c1-17-12-7-6-11(8-12)15-13(16)9-2-4-10(14)5-3-9/h2-5,11-12H,6-8H2,1H3,(H,15,16). The van der Waals surface area contributed by atoms with Crippen molar-refractivity contribution in [2.75, 3.05) is 7.11 Å². The molecule has 2 rings (SSSR count). The van der Waals surface area contributed by atoms with Gasteiger partial charge in [-0.2, -0.15) is 0 Å². The van der Waals surface area contributed by atoms with E-state index in [0.717, 1.165) is 19.3 Å². The van der Waals surface area contributed by atoms with Gasteiger partial charge in [-0.15, -0.1) is 0 Å². The number of carbonyl (C=O) groups is 1. The lowest BCUT2D eigenvalue weighted by atomic mass is 10.2.